The van der Waals surface area contributed by atoms with Crippen molar-refractivity contribution in [3.05, 3.63) is 23.8 Å². The van der Waals surface area contributed by atoms with Crippen LogP contribution in [0.2, 0.25) is 0 Å². The average molecular weight is 319 g/mol. The maximum Gasteiger partial charge on any atom is 0.231 e. The summed E-state index contributed by atoms with van der Waals surface area (Å²) in [5, 5.41) is 6.57. The van der Waals surface area contributed by atoms with E-state index in [2.05, 4.69) is 21.7 Å². The molecule has 1 aromatic carbocycles. The molecule has 0 unspecified atom stereocenters. The molecular weight excluding hydrogens is 294 g/mol. The Morgan fingerprint density at radius 3 is 2.87 bits per heavy atom. The highest BCUT2D eigenvalue weighted by Crippen LogP contribution is 2.32. The van der Waals surface area contributed by atoms with Crippen LogP contribution in [0.4, 0.5) is 0 Å². The second kappa shape index (κ2) is 8.06. The topological polar surface area (TPSA) is 64.1 Å². The molecule has 0 atom stereocenters. The Kier molecular flexibility index (Phi) is 5.58. The lowest BCUT2D eigenvalue weighted by Crippen LogP contribution is -2.39. The summed E-state index contributed by atoms with van der Waals surface area (Å²) in [7, 11) is 1.78. The molecule has 23 heavy (non-hydrogen) atoms. The van der Waals surface area contributed by atoms with Crippen LogP contribution in [0, 0.1) is 5.92 Å². The first-order valence-corrected chi connectivity index (χ1v) is 8.26. The highest BCUT2D eigenvalue weighted by atomic mass is 16.7. The van der Waals surface area contributed by atoms with Crippen LogP contribution < -0.4 is 20.1 Å². The van der Waals surface area contributed by atoms with Crippen LogP contribution in [0.3, 0.4) is 0 Å². The van der Waals surface area contributed by atoms with E-state index in [0.29, 0.717) is 6.79 Å². The third-order valence-electron chi connectivity index (χ3n) is 3.96. The summed E-state index contributed by atoms with van der Waals surface area (Å²) in [6.07, 6.45) is 3.56. The van der Waals surface area contributed by atoms with Gasteiger partial charge >= 0.3 is 0 Å². The zero-order valence-electron chi connectivity index (χ0n) is 13.6. The van der Waals surface area contributed by atoms with Crippen LogP contribution in [0.5, 0.6) is 11.5 Å². The Morgan fingerprint density at radius 1 is 1.22 bits per heavy atom. The quantitative estimate of drug-likeness (QED) is 0.432. The minimum Gasteiger partial charge on any atom is -0.454 e. The van der Waals surface area contributed by atoms with E-state index >= 15 is 0 Å². The van der Waals surface area contributed by atoms with Gasteiger partial charge in [0.25, 0.3) is 0 Å². The van der Waals surface area contributed by atoms with Crippen molar-refractivity contribution in [3.8, 4) is 11.5 Å². The molecule has 0 spiro atoms. The summed E-state index contributed by atoms with van der Waals surface area (Å²) in [4.78, 5) is 4.22. The molecular formula is C17H25N3O3. The Bertz CT molecular complexity index is 544. The molecule has 6 heteroatoms. The van der Waals surface area contributed by atoms with E-state index in [1.54, 1.807) is 7.05 Å². The molecule has 6 nitrogen and oxygen atoms in total. The number of guanidine groups is 1. The first kappa shape index (κ1) is 15.9. The van der Waals surface area contributed by atoms with Gasteiger partial charge in [-0.15, -0.1) is 0 Å². The smallest absolute Gasteiger partial charge is 0.231 e. The second-order valence-corrected chi connectivity index (χ2v) is 5.88. The van der Waals surface area contributed by atoms with E-state index in [0.717, 1.165) is 56.1 Å². The predicted octanol–water partition coefficient (Wildman–Crippen LogP) is 1.55. The highest BCUT2D eigenvalue weighted by molar-refractivity contribution is 5.79. The van der Waals surface area contributed by atoms with Crippen LogP contribution in [0.1, 0.15) is 18.4 Å². The molecule has 0 radical (unpaired) electrons. The minimum atomic E-state index is 0.316. The zero-order chi connectivity index (χ0) is 15.9. The Morgan fingerprint density at radius 2 is 2.04 bits per heavy atom. The number of nitrogens with one attached hydrogen (secondary N) is 2. The average Bonchev–Trinajstić information content (AvgIpc) is 3.28. The number of hydrogen-bond donors (Lipinski definition) is 2. The third-order valence-corrected chi connectivity index (χ3v) is 3.96. The maximum absolute atomic E-state index is 5.60. The molecule has 0 amide bonds. The fourth-order valence-corrected chi connectivity index (χ4v) is 2.42. The second-order valence-electron chi connectivity index (χ2n) is 5.88. The van der Waals surface area contributed by atoms with Gasteiger partial charge in [0.1, 0.15) is 0 Å². The maximum atomic E-state index is 5.60. The molecule has 126 valence electrons. The van der Waals surface area contributed by atoms with Crippen LogP contribution in [-0.4, -0.2) is 46.1 Å². The molecule has 1 heterocycles. The van der Waals surface area contributed by atoms with Crippen LogP contribution >= 0.6 is 0 Å². The standard InChI is InChI=1S/C17H25N3O3/c1-18-17(20-8-9-21-11-14-2-3-14)19-7-6-13-4-5-15-16(10-13)23-12-22-15/h4-5,10,14H,2-3,6-9,11-12H2,1H3,(H2,18,19,20). The molecule has 0 saturated heterocycles. The van der Waals surface area contributed by atoms with Gasteiger partial charge in [0.2, 0.25) is 6.79 Å². The summed E-state index contributed by atoms with van der Waals surface area (Å²) in [6.45, 7) is 3.52. The van der Waals surface area contributed by atoms with Gasteiger partial charge in [0.15, 0.2) is 17.5 Å². The lowest BCUT2D eigenvalue weighted by atomic mass is 10.1. The van der Waals surface area contributed by atoms with Gasteiger partial charge in [0.05, 0.1) is 6.61 Å². The first-order chi connectivity index (χ1) is 11.3. The predicted molar refractivity (Wildman–Crippen MR) is 89.2 cm³/mol. The number of nitrogens with zero attached hydrogens (tertiary/aromatic N) is 1. The fourth-order valence-electron chi connectivity index (χ4n) is 2.42. The zero-order valence-corrected chi connectivity index (χ0v) is 13.6. The monoisotopic (exact) mass is 319 g/mol. The van der Waals surface area contributed by atoms with Crippen molar-refractivity contribution in [1.29, 1.82) is 0 Å². The highest BCUT2D eigenvalue weighted by Gasteiger charge is 2.20. The van der Waals surface area contributed by atoms with Gasteiger partial charge in [-0.05, 0) is 42.9 Å². The molecule has 1 aliphatic carbocycles. The van der Waals surface area contributed by atoms with Crippen LogP contribution in [-0.2, 0) is 11.2 Å². The van der Waals surface area contributed by atoms with E-state index < -0.39 is 0 Å². The largest absolute Gasteiger partial charge is 0.454 e. The molecule has 2 aliphatic rings. The number of rotatable bonds is 8. The van der Waals surface area contributed by atoms with Crippen LogP contribution in [0.15, 0.2) is 23.2 Å². The molecule has 0 bridgehead atoms. The Balaban J connectivity index is 1.31. The van der Waals surface area contributed by atoms with Gasteiger partial charge < -0.3 is 24.8 Å². The summed E-state index contributed by atoms with van der Waals surface area (Å²) in [5.74, 6) is 3.28. The summed E-state index contributed by atoms with van der Waals surface area (Å²) in [6, 6.07) is 6.06. The molecule has 2 N–H and O–H groups in total. The van der Waals surface area contributed by atoms with E-state index in [1.165, 1.54) is 18.4 Å². The van der Waals surface area contributed by atoms with Gasteiger partial charge in [0, 0.05) is 26.7 Å². The van der Waals surface area contributed by atoms with E-state index in [4.69, 9.17) is 14.2 Å². The third kappa shape index (κ3) is 5.03. The lowest BCUT2D eigenvalue weighted by Gasteiger charge is -2.12. The molecule has 1 saturated carbocycles. The van der Waals surface area contributed by atoms with Crippen molar-refractivity contribution >= 4 is 5.96 Å². The molecule has 0 aromatic heterocycles. The van der Waals surface area contributed by atoms with Crippen molar-refractivity contribution in [2.45, 2.75) is 19.3 Å². The van der Waals surface area contributed by atoms with Gasteiger partial charge in [-0.2, -0.15) is 0 Å². The first-order valence-electron chi connectivity index (χ1n) is 8.26. The van der Waals surface area contributed by atoms with E-state index in [-0.39, 0.29) is 0 Å². The molecule has 1 aliphatic heterocycles. The van der Waals surface area contributed by atoms with Gasteiger partial charge in [-0.1, -0.05) is 6.07 Å². The number of aliphatic imine (C=N–C) groups is 1. The van der Waals surface area contributed by atoms with Gasteiger partial charge in [-0.3, -0.25) is 4.99 Å². The Labute approximate surface area is 137 Å². The summed E-state index contributed by atoms with van der Waals surface area (Å²) in [5.41, 5.74) is 1.21. The SMILES string of the molecule is CN=C(NCCOCC1CC1)NCCc1ccc2c(c1)OCO2. The van der Waals surface area contributed by atoms with E-state index in [9.17, 15) is 0 Å². The number of fused-ring (bicyclic) bond motifs is 1. The van der Waals surface area contributed by atoms with Crippen molar-refractivity contribution in [3.63, 3.8) is 0 Å². The van der Waals surface area contributed by atoms with Crippen molar-refractivity contribution in [1.82, 2.24) is 10.6 Å². The van der Waals surface area contributed by atoms with Crippen LogP contribution in [0.25, 0.3) is 0 Å². The summed E-state index contributed by atoms with van der Waals surface area (Å²) >= 11 is 0. The molecule has 1 fully saturated rings. The molecule has 3 rings (SSSR count). The summed E-state index contributed by atoms with van der Waals surface area (Å²) < 4.78 is 16.3. The fraction of sp³-hybridized carbons (Fsp3) is 0.588. The Hall–Kier alpha value is -1.95. The number of ether oxygens (including phenoxy) is 3. The van der Waals surface area contributed by atoms with Crippen molar-refractivity contribution < 1.29 is 14.2 Å². The van der Waals surface area contributed by atoms with Gasteiger partial charge in [-0.25, -0.2) is 0 Å². The van der Waals surface area contributed by atoms with Crippen molar-refractivity contribution in [2.24, 2.45) is 10.9 Å². The normalized spacial score (nSPS) is 16.5. The number of hydrogen-bond acceptors (Lipinski definition) is 4. The minimum absolute atomic E-state index is 0.316. The number of benzene rings is 1. The lowest BCUT2D eigenvalue weighted by molar-refractivity contribution is 0.129. The van der Waals surface area contributed by atoms with E-state index in [1.807, 2.05) is 12.1 Å². The van der Waals surface area contributed by atoms with Crippen molar-refractivity contribution in [2.75, 3.05) is 40.1 Å². The molecule has 1 aromatic rings.